The highest BCUT2D eigenvalue weighted by Gasteiger charge is 2.29. The molecule has 1 aliphatic heterocycles. The molecule has 0 aliphatic carbocycles. The van der Waals surface area contributed by atoms with Gasteiger partial charge in [-0.25, -0.2) is 0 Å². The Morgan fingerprint density at radius 1 is 1.40 bits per heavy atom. The van der Waals surface area contributed by atoms with Crippen LogP contribution < -0.4 is 0 Å². The summed E-state index contributed by atoms with van der Waals surface area (Å²) in [6.45, 7) is 10.1. The zero-order valence-electron chi connectivity index (χ0n) is 13.3. The maximum Gasteiger partial charge on any atom is 0.308 e. The molecule has 1 rings (SSSR count). The molecule has 0 bridgehead atoms. The lowest BCUT2D eigenvalue weighted by atomic mass is 9.80. The number of esters is 1. The quantitative estimate of drug-likeness (QED) is 0.740. The summed E-state index contributed by atoms with van der Waals surface area (Å²) in [6.07, 6.45) is 0.494. The fourth-order valence-electron chi connectivity index (χ4n) is 2.04. The van der Waals surface area contributed by atoms with Gasteiger partial charge in [-0.05, 0) is 11.3 Å². The molecule has 1 aliphatic rings. The summed E-state index contributed by atoms with van der Waals surface area (Å²) in [5, 5.41) is 0. The minimum absolute atomic E-state index is 0.118. The first-order valence-corrected chi connectivity index (χ1v) is 7.20. The molecular formula is C15H27NO4. The van der Waals surface area contributed by atoms with Crippen molar-refractivity contribution in [3.8, 4) is 0 Å². The molecule has 1 fully saturated rings. The number of carbonyl (C=O) groups is 2. The Morgan fingerprint density at radius 2 is 2.05 bits per heavy atom. The second kappa shape index (κ2) is 7.07. The molecule has 0 aromatic carbocycles. The summed E-state index contributed by atoms with van der Waals surface area (Å²) in [7, 11) is 1.36. The number of carbonyl (C=O) groups excluding carboxylic acids is 2. The highest BCUT2D eigenvalue weighted by molar-refractivity contribution is 5.77. The zero-order valence-corrected chi connectivity index (χ0v) is 13.3. The third kappa shape index (κ3) is 5.12. The Kier molecular flexibility index (Phi) is 5.99. The van der Waals surface area contributed by atoms with Gasteiger partial charge in [-0.1, -0.05) is 27.7 Å². The monoisotopic (exact) mass is 285 g/mol. The smallest absolute Gasteiger partial charge is 0.308 e. The van der Waals surface area contributed by atoms with Crippen molar-refractivity contribution in [1.82, 2.24) is 4.90 Å². The van der Waals surface area contributed by atoms with Crippen LogP contribution in [-0.2, 0) is 19.1 Å². The van der Waals surface area contributed by atoms with Crippen molar-refractivity contribution in [2.75, 3.05) is 26.8 Å². The van der Waals surface area contributed by atoms with Gasteiger partial charge in [0.25, 0.3) is 0 Å². The Bertz CT molecular complexity index is 348. The van der Waals surface area contributed by atoms with Crippen LogP contribution in [0, 0.1) is 11.3 Å². The maximum absolute atomic E-state index is 12.3. The molecule has 5 nitrogen and oxygen atoms in total. The number of rotatable bonds is 4. The summed E-state index contributed by atoms with van der Waals surface area (Å²) < 4.78 is 10.1. The zero-order chi connectivity index (χ0) is 15.3. The summed E-state index contributed by atoms with van der Waals surface area (Å²) in [6, 6.07) is 0. The first-order chi connectivity index (χ1) is 9.24. The van der Waals surface area contributed by atoms with Crippen molar-refractivity contribution in [3.05, 3.63) is 0 Å². The lowest BCUT2D eigenvalue weighted by molar-refractivity contribution is -0.150. The topological polar surface area (TPSA) is 55.8 Å². The largest absolute Gasteiger partial charge is 0.469 e. The molecule has 0 aromatic rings. The minimum atomic E-state index is -0.299. The van der Waals surface area contributed by atoms with Crippen LogP contribution in [0.2, 0.25) is 0 Å². The van der Waals surface area contributed by atoms with Crippen molar-refractivity contribution in [2.24, 2.45) is 11.3 Å². The Morgan fingerprint density at radius 3 is 2.60 bits per heavy atom. The fraction of sp³-hybridized carbons (Fsp3) is 0.867. The molecule has 0 N–H and O–H groups in total. The number of morpholine rings is 1. The van der Waals surface area contributed by atoms with E-state index in [9.17, 15) is 9.59 Å². The third-order valence-electron chi connectivity index (χ3n) is 4.07. The van der Waals surface area contributed by atoms with E-state index in [0.29, 0.717) is 32.0 Å². The molecule has 0 spiro atoms. The van der Waals surface area contributed by atoms with Gasteiger partial charge in [0.05, 0.1) is 26.2 Å². The summed E-state index contributed by atoms with van der Waals surface area (Å²) in [5.74, 6) is 0.162. The van der Waals surface area contributed by atoms with Crippen LogP contribution in [0.25, 0.3) is 0 Å². The van der Waals surface area contributed by atoms with Crippen LogP contribution in [0.4, 0.5) is 0 Å². The summed E-state index contributed by atoms with van der Waals surface area (Å²) in [4.78, 5) is 25.4. The summed E-state index contributed by atoms with van der Waals surface area (Å²) in [5.41, 5.74) is 0.118. The number of amides is 1. The highest BCUT2D eigenvalue weighted by Crippen LogP contribution is 2.28. The van der Waals surface area contributed by atoms with Crippen LogP contribution in [0.3, 0.4) is 0 Å². The van der Waals surface area contributed by atoms with Gasteiger partial charge >= 0.3 is 5.97 Å². The molecule has 5 heteroatoms. The predicted molar refractivity (Wildman–Crippen MR) is 76.2 cm³/mol. The van der Waals surface area contributed by atoms with E-state index in [4.69, 9.17) is 4.74 Å². The number of ether oxygens (including phenoxy) is 2. The predicted octanol–water partition coefficient (Wildman–Crippen LogP) is 1.85. The SMILES string of the molecule is COC(=O)CC1CN(C(=O)CC(C)C(C)(C)C)CCO1. The molecular weight excluding hydrogens is 258 g/mol. The molecule has 0 radical (unpaired) electrons. The number of hydrogen-bond donors (Lipinski definition) is 0. The Hall–Kier alpha value is -1.10. The molecule has 1 saturated heterocycles. The van der Waals surface area contributed by atoms with Crippen molar-refractivity contribution in [3.63, 3.8) is 0 Å². The maximum atomic E-state index is 12.3. The number of methoxy groups -OCH3 is 1. The molecule has 1 heterocycles. The van der Waals surface area contributed by atoms with Gasteiger partial charge in [0.2, 0.25) is 5.91 Å². The van der Waals surface area contributed by atoms with Crippen LogP contribution >= 0.6 is 0 Å². The van der Waals surface area contributed by atoms with Crippen molar-refractivity contribution in [2.45, 2.75) is 46.6 Å². The minimum Gasteiger partial charge on any atom is -0.469 e. The molecule has 1 amide bonds. The molecule has 2 atom stereocenters. The highest BCUT2D eigenvalue weighted by atomic mass is 16.5. The van der Waals surface area contributed by atoms with Gasteiger partial charge in [0.15, 0.2) is 0 Å². The van der Waals surface area contributed by atoms with E-state index < -0.39 is 0 Å². The first kappa shape index (κ1) is 17.0. The van der Waals surface area contributed by atoms with E-state index >= 15 is 0 Å². The van der Waals surface area contributed by atoms with Gasteiger partial charge in [-0.15, -0.1) is 0 Å². The van der Waals surface area contributed by atoms with Crippen LogP contribution in [0.5, 0.6) is 0 Å². The van der Waals surface area contributed by atoms with E-state index in [0.717, 1.165) is 0 Å². The van der Waals surface area contributed by atoms with Crippen molar-refractivity contribution >= 4 is 11.9 Å². The Balaban J connectivity index is 2.50. The van der Waals surface area contributed by atoms with Gasteiger partial charge in [-0.3, -0.25) is 9.59 Å². The van der Waals surface area contributed by atoms with Crippen LogP contribution in [0.15, 0.2) is 0 Å². The standard InChI is InChI=1S/C15H27NO4/c1-11(15(2,3)4)8-13(17)16-6-7-20-12(10-16)9-14(18)19-5/h11-12H,6-10H2,1-5H3. The fourth-order valence-corrected chi connectivity index (χ4v) is 2.04. The average Bonchev–Trinajstić information content (AvgIpc) is 2.37. The van der Waals surface area contributed by atoms with E-state index in [1.54, 1.807) is 4.90 Å². The normalized spacial score (nSPS) is 21.4. The van der Waals surface area contributed by atoms with Gasteiger partial charge in [-0.2, -0.15) is 0 Å². The molecule has 20 heavy (non-hydrogen) atoms. The van der Waals surface area contributed by atoms with Gasteiger partial charge < -0.3 is 14.4 Å². The lowest BCUT2D eigenvalue weighted by Gasteiger charge is -2.35. The van der Waals surface area contributed by atoms with E-state index in [1.807, 2.05) is 0 Å². The Labute approximate surface area is 121 Å². The summed E-state index contributed by atoms with van der Waals surface area (Å²) >= 11 is 0. The van der Waals surface area contributed by atoms with Crippen molar-refractivity contribution < 1.29 is 19.1 Å². The van der Waals surface area contributed by atoms with Crippen LogP contribution in [-0.4, -0.2) is 49.7 Å². The third-order valence-corrected chi connectivity index (χ3v) is 4.07. The molecule has 0 saturated carbocycles. The first-order valence-electron chi connectivity index (χ1n) is 7.20. The second-order valence-corrected chi connectivity index (χ2v) is 6.58. The number of hydrogen-bond acceptors (Lipinski definition) is 4. The molecule has 0 aromatic heterocycles. The van der Waals surface area contributed by atoms with Gasteiger partial charge in [0.1, 0.15) is 0 Å². The van der Waals surface area contributed by atoms with Gasteiger partial charge in [0, 0.05) is 19.5 Å². The second-order valence-electron chi connectivity index (χ2n) is 6.58. The average molecular weight is 285 g/mol. The van der Waals surface area contributed by atoms with E-state index in [-0.39, 0.29) is 29.8 Å². The van der Waals surface area contributed by atoms with Crippen LogP contribution in [0.1, 0.15) is 40.5 Å². The van der Waals surface area contributed by atoms with Crippen molar-refractivity contribution in [1.29, 1.82) is 0 Å². The molecule has 2 unspecified atom stereocenters. The number of nitrogens with zero attached hydrogens (tertiary/aromatic N) is 1. The lowest BCUT2D eigenvalue weighted by Crippen LogP contribution is -2.47. The van der Waals surface area contributed by atoms with E-state index in [1.165, 1.54) is 7.11 Å². The van der Waals surface area contributed by atoms with E-state index in [2.05, 4.69) is 32.4 Å². The molecule has 116 valence electrons.